The number of nitrogens with zero attached hydrogens (tertiary/aromatic N) is 1. The van der Waals surface area contributed by atoms with Gasteiger partial charge in [0.25, 0.3) is 5.91 Å². The van der Waals surface area contributed by atoms with Crippen molar-refractivity contribution in [1.29, 1.82) is 0 Å². The summed E-state index contributed by atoms with van der Waals surface area (Å²) >= 11 is 0. The van der Waals surface area contributed by atoms with Crippen molar-refractivity contribution >= 4 is 11.9 Å². The molecule has 0 aromatic heterocycles. The van der Waals surface area contributed by atoms with Gasteiger partial charge in [0.05, 0.1) is 6.61 Å². The Morgan fingerprint density at radius 2 is 1.85 bits per heavy atom. The summed E-state index contributed by atoms with van der Waals surface area (Å²) in [5.74, 6) is -3.24. The van der Waals surface area contributed by atoms with E-state index in [4.69, 9.17) is 5.11 Å². The number of hydrogen-bond acceptors (Lipinski definition) is 3. The number of alkyl halides is 3. The van der Waals surface area contributed by atoms with Crippen LogP contribution in [0.2, 0.25) is 0 Å². The number of carbonyl (C=O) groups is 2. The van der Waals surface area contributed by atoms with Crippen LogP contribution in [0, 0.1) is 0 Å². The Morgan fingerprint density at radius 1 is 1.30 bits per heavy atom. The van der Waals surface area contributed by atoms with E-state index < -0.39 is 35.7 Å². The molecule has 1 aromatic rings. The molecule has 0 saturated heterocycles. The molecule has 0 aliphatic rings. The van der Waals surface area contributed by atoms with Crippen LogP contribution in [0.1, 0.15) is 10.4 Å². The minimum absolute atomic E-state index is 0.257. The highest BCUT2D eigenvalue weighted by atomic mass is 19.4. The second-order valence-corrected chi connectivity index (χ2v) is 3.82. The topological polar surface area (TPSA) is 66.8 Å². The number of carboxylic acids is 1. The summed E-state index contributed by atoms with van der Waals surface area (Å²) in [7, 11) is 1.05. The van der Waals surface area contributed by atoms with E-state index in [1.165, 1.54) is 30.3 Å². The van der Waals surface area contributed by atoms with Gasteiger partial charge in [0.2, 0.25) is 0 Å². The van der Waals surface area contributed by atoms with E-state index >= 15 is 0 Å². The van der Waals surface area contributed by atoms with Gasteiger partial charge in [-0.3, -0.25) is 4.79 Å². The van der Waals surface area contributed by atoms with Crippen LogP contribution in [0.4, 0.5) is 13.2 Å². The number of carboxylic acid groups (broad SMARTS) is 1. The van der Waals surface area contributed by atoms with Crippen molar-refractivity contribution in [2.75, 3.05) is 13.7 Å². The summed E-state index contributed by atoms with van der Waals surface area (Å²) in [4.78, 5) is 22.2. The van der Waals surface area contributed by atoms with Crippen molar-refractivity contribution < 1.29 is 32.6 Å². The molecule has 0 fully saturated rings. The lowest BCUT2D eigenvalue weighted by molar-refractivity contribution is -0.241. The SMILES string of the molecule is COCC(C(=O)O)N(C(=O)c1ccccc1)C(F)(F)F. The Morgan fingerprint density at radius 3 is 2.25 bits per heavy atom. The van der Waals surface area contributed by atoms with E-state index in [0.29, 0.717) is 0 Å². The van der Waals surface area contributed by atoms with E-state index in [-0.39, 0.29) is 5.56 Å². The number of ether oxygens (including phenoxy) is 1. The Bertz CT molecular complexity index is 475. The molecule has 0 spiro atoms. The van der Waals surface area contributed by atoms with Crippen LogP contribution in [0.5, 0.6) is 0 Å². The third-order valence-electron chi connectivity index (χ3n) is 2.43. The van der Waals surface area contributed by atoms with Gasteiger partial charge in [-0.1, -0.05) is 18.2 Å². The van der Waals surface area contributed by atoms with Crippen molar-refractivity contribution in [1.82, 2.24) is 4.90 Å². The molecule has 5 nitrogen and oxygen atoms in total. The molecule has 1 aromatic carbocycles. The summed E-state index contributed by atoms with van der Waals surface area (Å²) < 4.78 is 43.4. The first-order valence-corrected chi connectivity index (χ1v) is 5.46. The molecule has 110 valence electrons. The van der Waals surface area contributed by atoms with E-state index in [0.717, 1.165) is 7.11 Å². The van der Waals surface area contributed by atoms with E-state index in [1.54, 1.807) is 0 Å². The third kappa shape index (κ3) is 3.70. The number of hydrogen-bond donors (Lipinski definition) is 1. The fourth-order valence-electron chi connectivity index (χ4n) is 1.57. The number of rotatable bonds is 5. The maximum atomic E-state index is 13.0. The largest absolute Gasteiger partial charge is 0.488 e. The van der Waals surface area contributed by atoms with Crippen LogP contribution in [0.25, 0.3) is 0 Å². The molecule has 1 unspecified atom stereocenters. The highest BCUT2D eigenvalue weighted by molar-refractivity contribution is 5.96. The zero-order chi connectivity index (χ0) is 15.3. The van der Waals surface area contributed by atoms with E-state index in [1.807, 2.05) is 0 Å². The number of benzene rings is 1. The minimum atomic E-state index is -5.13. The number of halogens is 3. The zero-order valence-corrected chi connectivity index (χ0v) is 10.4. The predicted molar refractivity (Wildman–Crippen MR) is 62.0 cm³/mol. The molecule has 1 N–H and O–H groups in total. The van der Waals surface area contributed by atoms with E-state index in [9.17, 15) is 22.8 Å². The number of methoxy groups -OCH3 is 1. The van der Waals surface area contributed by atoms with Crippen LogP contribution in [-0.4, -0.2) is 47.9 Å². The van der Waals surface area contributed by atoms with Gasteiger partial charge in [-0.05, 0) is 12.1 Å². The molecule has 0 aliphatic carbocycles. The maximum absolute atomic E-state index is 13.0. The highest BCUT2D eigenvalue weighted by Gasteiger charge is 2.48. The second kappa shape index (κ2) is 6.38. The summed E-state index contributed by atoms with van der Waals surface area (Å²) in [6, 6.07) is 4.49. The molecule has 1 rings (SSSR count). The van der Waals surface area contributed by atoms with Crippen LogP contribution >= 0.6 is 0 Å². The van der Waals surface area contributed by atoms with Gasteiger partial charge >= 0.3 is 12.3 Å². The number of aliphatic carboxylic acids is 1. The van der Waals surface area contributed by atoms with Crippen molar-refractivity contribution in [3.63, 3.8) is 0 Å². The first-order chi connectivity index (χ1) is 9.29. The average molecular weight is 291 g/mol. The van der Waals surface area contributed by atoms with Crippen molar-refractivity contribution in [2.45, 2.75) is 12.3 Å². The Labute approximate surface area is 112 Å². The molecule has 0 saturated carbocycles. The van der Waals surface area contributed by atoms with Crippen molar-refractivity contribution in [3.8, 4) is 0 Å². The molecule has 1 atom stereocenters. The summed E-state index contributed by atoms with van der Waals surface area (Å²) in [5, 5.41) is 8.86. The first kappa shape index (κ1) is 16.0. The number of amides is 1. The molecule has 0 heterocycles. The molecule has 0 radical (unpaired) electrons. The lowest BCUT2D eigenvalue weighted by atomic mass is 10.1. The zero-order valence-electron chi connectivity index (χ0n) is 10.4. The van der Waals surface area contributed by atoms with Gasteiger partial charge in [-0.2, -0.15) is 0 Å². The fourth-order valence-corrected chi connectivity index (χ4v) is 1.57. The van der Waals surface area contributed by atoms with Crippen LogP contribution < -0.4 is 0 Å². The standard InChI is InChI=1S/C12H12F3NO4/c1-20-7-9(11(18)19)16(12(13,14)15)10(17)8-5-3-2-4-6-8/h2-6,9H,7H2,1H3,(H,18,19). The van der Waals surface area contributed by atoms with E-state index in [2.05, 4.69) is 4.74 Å². The Kier molecular flexibility index (Phi) is 5.09. The fraction of sp³-hybridized carbons (Fsp3) is 0.333. The third-order valence-corrected chi connectivity index (χ3v) is 2.43. The van der Waals surface area contributed by atoms with Gasteiger partial charge < -0.3 is 9.84 Å². The van der Waals surface area contributed by atoms with Crippen LogP contribution in [0.3, 0.4) is 0 Å². The average Bonchev–Trinajstić information content (AvgIpc) is 2.37. The molecular formula is C12H12F3NO4. The van der Waals surface area contributed by atoms with Gasteiger partial charge in [0.1, 0.15) is 0 Å². The predicted octanol–water partition coefficient (Wildman–Crippen LogP) is 1.75. The molecule has 8 heteroatoms. The molecule has 0 bridgehead atoms. The Balaban J connectivity index is 3.19. The normalized spacial score (nSPS) is 12.8. The molecule has 20 heavy (non-hydrogen) atoms. The summed E-state index contributed by atoms with van der Waals surface area (Å²) in [6.45, 7) is -0.770. The highest BCUT2D eigenvalue weighted by Crippen LogP contribution is 2.26. The maximum Gasteiger partial charge on any atom is 0.488 e. The monoisotopic (exact) mass is 291 g/mol. The minimum Gasteiger partial charge on any atom is -0.480 e. The van der Waals surface area contributed by atoms with Gasteiger partial charge in [0.15, 0.2) is 6.04 Å². The van der Waals surface area contributed by atoms with Gasteiger partial charge in [-0.25, -0.2) is 9.69 Å². The van der Waals surface area contributed by atoms with Crippen LogP contribution in [0.15, 0.2) is 30.3 Å². The van der Waals surface area contributed by atoms with Crippen LogP contribution in [-0.2, 0) is 9.53 Å². The quantitative estimate of drug-likeness (QED) is 0.839. The molecule has 0 aliphatic heterocycles. The van der Waals surface area contributed by atoms with Crippen molar-refractivity contribution in [3.05, 3.63) is 35.9 Å². The smallest absolute Gasteiger partial charge is 0.480 e. The first-order valence-electron chi connectivity index (χ1n) is 5.46. The van der Waals surface area contributed by atoms with Crippen molar-refractivity contribution in [2.24, 2.45) is 0 Å². The van der Waals surface area contributed by atoms with Gasteiger partial charge in [0, 0.05) is 12.7 Å². The van der Waals surface area contributed by atoms with Gasteiger partial charge in [-0.15, -0.1) is 13.2 Å². The second-order valence-electron chi connectivity index (χ2n) is 3.82. The molecule has 1 amide bonds. The lowest BCUT2D eigenvalue weighted by Crippen LogP contribution is -2.54. The molecular weight excluding hydrogens is 279 g/mol. The number of carbonyl (C=O) groups excluding carboxylic acids is 1. The Hall–Kier alpha value is -2.09. The summed E-state index contributed by atoms with van der Waals surface area (Å²) in [6.07, 6.45) is -5.13. The lowest BCUT2D eigenvalue weighted by Gasteiger charge is -2.30. The summed E-state index contributed by atoms with van der Waals surface area (Å²) in [5.41, 5.74) is -0.257.